The van der Waals surface area contributed by atoms with Crippen molar-refractivity contribution in [1.82, 2.24) is 20.1 Å². The molecule has 2 heterocycles. The van der Waals surface area contributed by atoms with Crippen LogP contribution in [0.25, 0.3) is 10.6 Å². The van der Waals surface area contributed by atoms with Crippen molar-refractivity contribution in [2.45, 2.75) is 13.3 Å². The van der Waals surface area contributed by atoms with Crippen LogP contribution < -0.4 is 5.32 Å². The number of amides is 2. The molecular formula is C21H28N4O3S. The summed E-state index contributed by atoms with van der Waals surface area (Å²) in [7, 11) is 1.65. The fourth-order valence-corrected chi connectivity index (χ4v) is 4.29. The maximum atomic E-state index is 13.0. The van der Waals surface area contributed by atoms with Crippen molar-refractivity contribution in [3.8, 4) is 10.6 Å². The first kappa shape index (κ1) is 21.4. The highest BCUT2D eigenvalue weighted by molar-refractivity contribution is 7.17. The van der Waals surface area contributed by atoms with Gasteiger partial charge in [0.05, 0.1) is 12.2 Å². The number of aromatic nitrogens is 1. The highest BCUT2D eigenvalue weighted by Crippen LogP contribution is 2.28. The number of carbonyl (C=O) groups excluding carboxylic acids is 2. The first-order valence-electron chi connectivity index (χ1n) is 9.88. The number of ether oxygens (including phenoxy) is 1. The number of carbonyl (C=O) groups is 2. The summed E-state index contributed by atoms with van der Waals surface area (Å²) in [6.07, 6.45) is 0.809. The molecule has 1 saturated heterocycles. The van der Waals surface area contributed by atoms with Gasteiger partial charge in [-0.3, -0.25) is 14.5 Å². The smallest absolute Gasteiger partial charge is 0.265 e. The zero-order chi connectivity index (χ0) is 20.6. The molecule has 2 amide bonds. The Hall–Kier alpha value is -2.29. The Labute approximate surface area is 175 Å². The van der Waals surface area contributed by atoms with E-state index in [-0.39, 0.29) is 11.8 Å². The van der Waals surface area contributed by atoms with Gasteiger partial charge in [-0.05, 0) is 13.3 Å². The summed E-state index contributed by atoms with van der Waals surface area (Å²) in [5.41, 5.74) is 1.80. The number of benzene rings is 1. The molecule has 1 aromatic heterocycles. The number of piperazine rings is 1. The molecule has 0 radical (unpaired) electrons. The van der Waals surface area contributed by atoms with Gasteiger partial charge in [0.2, 0.25) is 5.91 Å². The van der Waals surface area contributed by atoms with Crippen LogP contribution in [0.1, 0.15) is 21.8 Å². The number of rotatable bonds is 8. The molecule has 1 N–H and O–H groups in total. The number of nitrogens with zero attached hydrogens (tertiary/aromatic N) is 3. The average molecular weight is 417 g/mol. The predicted octanol–water partition coefficient (Wildman–Crippen LogP) is 2.03. The third-order valence-corrected chi connectivity index (χ3v) is 6.08. The van der Waals surface area contributed by atoms with Gasteiger partial charge < -0.3 is 15.0 Å². The zero-order valence-corrected chi connectivity index (χ0v) is 17.8. The fraction of sp³-hybridized carbons (Fsp3) is 0.476. The minimum absolute atomic E-state index is 0.0201. The SMILES string of the molecule is COCCCNC(=O)CN1CCN(C(=O)c2sc(-c3ccccc3)nc2C)CC1. The Kier molecular flexibility index (Phi) is 7.74. The van der Waals surface area contributed by atoms with E-state index >= 15 is 0 Å². The molecule has 156 valence electrons. The molecule has 8 heteroatoms. The molecule has 0 aliphatic carbocycles. The molecule has 1 fully saturated rings. The van der Waals surface area contributed by atoms with Gasteiger partial charge >= 0.3 is 0 Å². The van der Waals surface area contributed by atoms with Crippen LogP contribution in [0.2, 0.25) is 0 Å². The topological polar surface area (TPSA) is 74.8 Å². The van der Waals surface area contributed by atoms with Crippen LogP contribution >= 0.6 is 11.3 Å². The molecule has 1 aliphatic rings. The van der Waals surface area contributed by atoms with Crippen molar-refractivity contribution in [2.24, 2.45) is 0 Å². The van der Waals surface area contributed by atoms with E-state index in [1.165, 1.54) is 11.3 Å². The van der Waals surface area contributed by atoms with E-state index in [1.54, 1.807) is 7.11 Å². The second kappa shape index (κ2) is 10.5. The van der Waals surface area contributed by atoms with E-state index < -0.39 is 0 Å². The van der Waals surface area contributed by atoms with Crippen molar-refractivity contribution in [1.29, 1.82) is 0 Å². The molecule has 7 nitrogen and oxygen atoms in total. The van der Waals surface area contributed by atoms with Gasteiger partial charge in [-0.15, -0.1) is 11.3 Å². The van der Waals surface area contributed by atoms with E-state index in [2.05, 4.69) is 15.2 Å². The standard InChI is InChI=1S/C21H28N4O3S/c1-16-19(29-20(23-16)17-7-4-3-5-8-17)21(27)25-12-10-24(11-13-25)15-18(26)22-9-6-14-28-2/h3-5,7-8H,6,9-15H2,1-2H3,(H,22,26). The second-order valence-corrected chi connectivity index (χ2v) is 8.06. The summed E-state index contributed by atoms with van der Waals surface area (Å²) in [6, 6.07) is 9.92. The van der Waals surface area contributed by atoms with E-state index in [9.17, 15) is 9.59 Å². The van der Waals surface area contributed by atoms with Crippen LogP contribution in [0.3, 0.4) is 0 Å². The Bertz CT molecular complexity index is 817. The van der Waals surface area contributed by atoms with Crippen molar-refractivity contribution in [3.63, 3.8) is 0 Å². The highest BCUT2D eigenvalue weighted by Gasteiger charge is 2.26. The lowest BCUT2D eigenvalue weighted by Gasteiger charge is -2.34. The molecule has 0 bridgehead atoms. The maximum absolute atomic E-state index is 13.0. The Morgan fingerprint density at radius 3 is 2.59 bits per heavy atom. The fourth-order valence-electron chi connectivity index (χ4n) is 3.26. The Morgan fingerprint density at radius 2 is 1.90 bits per heavy atom. The summed E-state index contributed by atoms with van der Waals surface area (Å²) in [5, 5.41) is 3.77. The summed E-state index contributed by atoms with van der Waals surface area (Å²) < 4.78 is 4.98. The number of aryl methyl sites for hydroxylation is 1. The van der Waals surface area contributed by atoms with Crippen molar-refractivity contribution >= 4 is 23.2 Å². The summed E-state index contributed by atoms with van der Waals surface area (Å²) >= 11 is 1.45. The molecule has 2 aromatic rings. The number of nitrogens with one attached hydrogen (secondary N) is 1. The van der Waals surface area contributed by atoms with Crippen LogP contribution in [0.5, 0.6) is 0 Å². The van der Waals surface area contributed by atoms with Gasteiger partial charge in [0.15, 0.2) is 0 Å². The van der Waals surface area contributed by atoms with Crippen LogP contribution in [-0.4, -0.2) is 79.6 Å². The Morgan fingerprint density at radius 1 is 1.17 bits per heavy atom. The van der Waals surface area contributed by atoms with Gasteiger partial charge in [0.1, 0.15) is 9.88 Å². The van der Waals surface area contributed by atoms with E-state index in [0.29, 0.717) is 50.8 Å². The monoisotopic (exact) mass is 416 g/mol. The molecule has 0 atom stereocenters. The van der Waals surface area contributed by atoms with E-state index in [4.69, 9.17) is 4.74 Å². The maximum Gasteiger partial charge on any atom is 0.265 e. The number of hydrogen-bond acceptors (Lipinski definition) is 6. The minimum Gasteiger partial charge on any atom is -0.385 e. The van der Waals surface area contributed by atoms with Gasteiger partial charge in [-0.25, -0.2) is 4.98 Å². The van der Waals surface area contributed by atoms with Crippen LogP contribution in [0.4, 0.5) is 0 Å². The van der Waals surface area contributed by atoms with Crippen molar-refractivity contribution in [3.05, 3.63) is 40.9 Å². The second-order valence-electron chi connectivity index (χ2n) is 7.06. The average Bonchev–Trinajstić information content (AvgIpc) is 3.13. The third-order valence-electron chi connectivity index (χ3n) is 4.89. The van der Waals surface area contributed by atoms with Crippen LogP contribution in [-0.2, 0) is 9.53 Å². The molecule has 3 rings (SSSR count). The van der Waals surface area contributed by atoms with Gasteiger partial charge in [0.25, 0.3) is 5.91 Å². The molecule has 1 aliphatic heterocycles. The largest absolute Gasteiger partial charge is 0.385 e. The minimum atomic E-state index is 0.0201. The van der Waals surface area contributed by atoms with E-state index in [1.807, 2.05) is 42.2 Å². The first-order chi connectivity index (χ1) is 14.1. The molecule has 0 spiro atoms. The normalized spacial score (nSPS) is 14.8. The third kappa shape index (κ3) is 5.85. The molecule has 1 aromatic carbocycles. The summed E-state index contributed by atoms with van der Waals surface area (Å²) in [4.78, 5) is 34.2. The van der Waals surface area contributed by atoms with Gasteiger partial charge in [-0.1, -0.05) is 30.3 Å². The number of methoxy groups -OCH3 is 1. The first-order valence-corrected chi connectivity index (χ1v) is 10.7. The van der Waals surface area contributed by atoms with Crippen LogP contribution in [0, 0.1) is 6.92 Å². The summed E-state index contributed by atoms with van der Waals surface area (Å²) in [6.45, 7) is 6.15. The molecule has 0 unspecified atom stereocenters. The summed E-state index contributed by atoms with van der Waals surface area (Å²) in [5.74, 6) is 0.0533. The molecule has 29 heavy (non-hydrogen) atoms. The molecule has 0 saturated carbocycles. The zero-order valence-electron chi connectivity index (χ0n) is 17.0. The van der Waals surface area contributed by atoms with E-state index in [0.717, 1.165) is 22.7 Å². The van der Waals surface area contributed by atoms with Gasteiger partial charge in [0, 0.05) is 52.0 Å². The Balaban J connectivity index is 1.50. The number of hydrogen-bond donors (Lipinski definition) is 1. The lowest BCUT2D eigenvalue weighted by molar-refractivity contribution is -0.122. The van der Waals surface area contributed by atoms with Crippen molar-refractivity contribution < 1.29 is 14.3 Å². The predicted molar refractivity (Wildman–Crippen MR) is 114 cm³/mol. The lowest BCUT2D eigenvalue weighted by atomic mass is 10.2. The molecular weight excluding hydrogens is 388 g/mol. The van der Waals surface area contributed by atoms with Crippen LogP contribution in [0.15, 0.2) is 30.3 Å². The number of thiazole rings is 1. The van der Waals surface area contributed by atoms with Crippen molar-refractivity contribution in [2.75, 3.05) is 53.0 Å². The highest BCUT2D eigenvalue weighted by atomic mass is 32.1. The lowest BCUT2D eigenvalue weighted by Crippen LogP contribution is -2.51. The van der Waals surface area contributed by atoms with Gasteiger partial charge in [-0.2, -0.15) is 0 Å². The quantitative estimate of drug-likeness (QED) is 0.667.